The van der Waals surface area contributed by atoms with Crippen LogP contribution in [0.1, 0.15) is 16.0 Å². The second-order valence-corrected chi connectivity index (χ2v) is 9.20. The lowest BCUT2D eigenvalue weighted by Crippen LogP contribution is -2.27. The van der Waals surface area contributed by atoms with Crippen molar-refractivity contribution in [2.75, 3.05) is 5.73 Å². The summed E-state index contributed by atoms with van der Waals surface area (Å²) in [6, 6.07) is 26.3. The fourth-order valence-electron chi connectivity index (χ4n) is 3.81. The Bertz CT molecular complexity index is 1380. The first-order valence-electron chi connectivity index (χ1n) is 9.83. The first-order valence-corrected chi connectivity index (χ1v) is 11.4. The minimum atomic E-state index is -1.37. The summed E-state index contributed by atoms with van der Waals surface area (Å²) in [6.45, 7) is 0. The molecule has 4 nitrogen and oxygen atoms in total. The summed E-state index contributed by atoms with van der Waals surface area (Å²) in [6.07, 6.45) is 0. The third-order valence-electron chi connectivity index (χ3n) is 5.34. The normalized spacial score (nSPS) is 11.7. The van der Waals surface area contributed by atoms with Gasteiger partial charge < -0.3 is 10.8 Å². The van der Waals surface area contributed by atoms with E-state index in [-0.39, 0.29) is 5.95 Å². The van der Waals surface area contributed by atoms with Crippen molar-refractivity contribution < 1.29 is 5.11 Å². The number of hydrogen-bond acceptors (Lipinski definition) is 5. The molecule has 0 atom stereocenters. The van der Waals surface area contributed by atoms with Gasteiger partial charge in [0.05, 0.1) is 10.7 Å². The molecule has 0 amide bonds. The maximum absolute atomic E-state index is 12.1. The van der Waals surface area contributed by atoms with Crippen LogP contribution < -0.4 is 5.73 Å². The molecule has 0 saturated carbocycles. The molecule has 5 rings (SSSR count). The number of halogens is 2. The number of nitrogens with zero attached hydrogens (tertiary/aromatic N) is 2. The van der Waals surface area contributed by atoms with Gasteiger partial charge in [-0.3, -0.25) is 0 Å². The van der Waals surface area contributed by atoms with Gasteiger partial charge in [-0.25, -0.2) is 9.97 Å². The fourth-order valence-corrected chi connectivity index (χ4v) is 5.48. The first-order chi connectivity index (χ1) is 15.5. The highest BCUT2D eigenvalue weighted by Crippen LogP contribution is 2.44. The number of benzene rings is 3. The topological polar surface area (TPSA) is 72.0 Å². The molecule has 0 aliphatic heterocycles. The summed E-state index contributed by atoms with van der Waals surface area (Å²) in [7, 11) is 0. The van der Waals surface area contributed by atoms with Gasteiger partial charge in [-0.2, -0.15) is 0 Å². The van der Waals surface area contributed by atoms with E-state index in [1.54, 1.807) is 12.1 Å². The third-order valence-corrected chi connectivity index (χ3v) is 7.02. The maximum Gasteiger partial charge on any atom is 0.221 e. The van der Waals surface area contributed by atoms with Crippen molar-refractivity contribution in [3.05, 3.63) is 111 Å². The average molecular weight is 478 g/mol. The molecule has 0 radical (unpaired) electrons. The molecule has 2 heterocycles. The van der Waals surface area contributed by atoms with Crippen LogP contribution in [0.5, 0.6) is 0 Å². The minimum Gasteiger partial charge on any atom is -0.375 e. The van der Waals surface area contributed by atoms with E-state index in [2.05, 4.69) is 9.97 Å². The Hall–Kier alpha value is -2.96. The van der Waals surface area contributed by atoms with Gasteiger partial charge in [-0.1, -0.05) is 83.9 Å². The zero-order valence-corrected chi connectivity index (χ0v) is 19.0. The van der Waals surface area contributed by atoms with Gasteiger partial charge in [0.25, 0.3) is 0 Å². The number of thiophene rings is 1. The molecule has 32 heavy (non-hydrogen) atoms. The van der Waals surface area contributed by atoms with E-state index in [1.807, 2.05) is 72.8 Å². The monoisotopic (exact) mass is 477 g/mol. The van der Waals surface area contributed by atoms with E-state index in [4.69, 9.17) is 28.9 Å². The van der Waals surface area contributed by atoms with Gasteiger partial charge in [-0.15, -0.1) is 11.3 Å². The fraction of sp³-hybridized carbons (Fsp3) is 0.0400. The molecule has 0 aliphatic rings. The van der Waals surface area contributed by atoms with Crippen molar-refractivity contribution in [3.8, 4) is 11.3 Å². The minimum absolute atomic E-state index is 0.134. The second kappa shape index (κ2) is 8.19. The lowest BCUT2D eigenvalue weighted by atomic mass is 9.85. The molecule has 158 valence electrons. The van der Waals surface area contributed by atoms with Gasteiger partial charge in [0.15, 0.2) is 0 Å². The van der Waals surface area contributed by atoms with Gasteiger partial charge in [0.1, 0.15) is 10.4 Å². The molecule has 2 aromatic heterocycles. The number of hydrogen-bond donors (Lipinski definition) is 2. The van der Waals surface area contributed by atoms with E-state index >= 15 is 0 Å². The van der Waals surface area contributed by atoms with Crippen molar-refractivity contribution in [2.24, 2.45) is 0 Å². The zero-order valence-electron chi connectivity index (χ0n) is 16.7. The maximum atomic E-state index is 12.1. The highest BCUT2D eigenvalue weighted by Gasteiger charge is 2.36. The molecular formula is C25H17Cl2N3OS. The Morgan fingerprint density at radius 3 is 2.03 bits per heavy atom. The third kappa shape index (κ3) is 3.53. The zero-order chi connectivity index (χ0) is 22.3. The van der Waals surface area contributed by atoms with Crippen molar-refractivity contribution >= 4 is 50.7 Å². The standard InChI is InChI=1S/C25H17Cl2N3OS/c26-17-11-12-18(20(27)13-17)22-19-14-21(32-23(19)30-24(28)29-22)25(31,15-7-3-1-4-8-15)16-9-5-2-6-10-16/h1-14,31H,(H2,28,29,30). The van der Waals surface area contributed by atoms with Crippen LogP contribution in [0.25, 0.3) is 21.5 Å². The molecule has 3 aromatic carbocycles. The summed E-state index contributed by atoms with van der Waals surface area (Å²) in [5, 5.41) is 13.9. The van der Waals surface area contributed by atoms with E-state index in [1.165, 1.54) is 11.3 Å². The first kappa shape index (κ1) is 20.9. The predicted octanol–water partition coefficient (Wildman–Crippen LogP) is 6.53. The predicted molar refractivity (Wildman–Crippen MR) is 132 cm³/mol. The molecule has 0 unspecified atom stereocenters. The number of nitrogen functional groups attached to an aromatic ring is 1. The number of aliphatic hydroxyl groups is 1. The van der Waals surface area contributed by atoms with Gasteiger partial charge in [-0.05, 0) is 35.4 Å². The van der Waals surface area contributed by atoms with Crippen LogP contribution in [0, 0.1) is 0 Å². The summed E-state index contributed by atoms with van der Waals surface area (Å²) in [5.74, 6) is 0.134. The quantitative estimate of drug-likeness (QED) is 0.308. The van der Waals surface area contributed by atoms with E-state index in [9.17, 15) is 5.11 Å². The Balaban J connectivity index is 1.78. The molecule has 0 bridgehead atoms. The largest absolute Gasteiger partial charge is 0.375 e. The van der Waals surface area contributed by atoms with E-state index in [0.717, 1.165) is 16.5 Å². The molecular weight excluding hydrogens is 461 g/mol. The lowest BCUT2D eigenvalue weighted by Gasteiger charge is -2.28. The average Bonchev–Trinajstić information content (AvgIpc) is 3.24. The summed E-state index contributed by atoms with van der Waals surface area (Å²) in [4.78, 5) is 10.3. The Labute approximate surface area is 198 Å². The number of fused-ring (bicyclic) bond motifs is 1. The van der Waals surface area contributed by atoms with Crippen molar-refractivity contribution in [3.63, 3.8) is 0 Å². The SMILES string of the molecule is Nc1nc(-c2ccc(Cl)cc2Cl)c2cc(C(O)(c3ccccc3)c3ccccc3)sc2n1. The van der Waals surface area contributed by atoms with Crippen LogP contribution in [0.4, 0.5) is 5.95 Å². The summed E-state index contributed by atoms with van der Waals surface area (Å²) in [5.41, 5.74) is 7.47. The number of rotatable bonds is 4. The molecule has 0 fully saturated rings. The van der Waals surface area contributed by atoms with Gasteiger partial charge >= 0.3 is 0 Å². The summed E-state index contributed by atoms with van der Waals surface area (Å²) < 4.78 is 0. The number of anilines is 1. The van der Waals surface area contributed by atoms with Crippen LogP contribution in [-0.2, 0) is 5.60 Å². The lowest BCUT2D eigenvalue weighted by molar-refractivity contribution is 0.130. The van der Waals surface area contributed by atoms with Crippen LogP contribution in [-0.4, -0.2) is 15.1 Å². The van der Waals surface area contributed by atoms with Crippen LogP contribution in [0.3, 0.4) is 0 Å². The molecule has 0 aliphatic carbocycles. The van der Waals surface area contributed by atoms with Crippen LogP contribution in [0.2, 0.25) is 10.0 Å². The molecule has 3 N–H and O–H groups in total. The number of nitrogens with two attached hydrogens (primary N) is 1. The highest BCUT2D eigenvalue weighted by molar-refractivity contribution is 7.18. The van der Waals surface area contributed by atoms with E-state index < -0.39 is 5.60 Å². The molecule has 0 spiro atoms. The Morgan fingerprint density at radius 2 is 1.44 bits per heavy atom. The molecule has 0 saturated heterocycles. The van der Waals surface area contributed by atoms with Crippen molar-refractivity contribution in [2.45, 2.75) is 5.60 Å². The van der Waals surface area contributed by atoms with Crippen molar-refractivity contribution in [1.29, 1.82) is 0 Å². The van der Waals surface area contributed by atoms with E-state index in [0.29, 0.717) is 31.0 Å². The summed E-state index contributed by atoms with van der Waals surface area (Å²) >= 11 is 13.9. The molecule has 7 heteroatoms. The van der Waals surface area contributed by atoms with Crippen LogP contribution in [0.15, 0.2) is 84.9 Å². The highest BCUT2D eigenvalue weighted by atomic mass is 35.5. The van der Waals surface area contributed by atoms with Crippen LogP contribution >= 0.6 is 34.5 Å². The Kier molecular flexibility index (Phi) is 5.35. The smallest absolute Gasteiger partial charge is 0.221 e. The second-order valence-electron chi connectivity index (χ2n) is 7.33. The van der Waals surface area contributed by atoms with Crippen molar-refractivity contribution in [1.82, 2.24) is 9.97 Å². The van der Waals surface area contributed by atoms with Gasteiger partial charge in [0.2, 0.25) is 5.95 Å². The number of aromatic nitrogens is 2. The Morgan fingerprint density at radius 1 is 0.812 bits per heavy atom. The van der Waals surface area contributed by atoms with Gasteiger partial charge in [0, 0.05) is 20.8 Å². The molecule has 5 aromatic rings.